The average molecular weight is 254 g/mol. The number of nitriles is 1. The Bertz CT molecular complexity index is 766. The summed E-state index contributed by atoms with van der Waals surface area (Å²) in [6, 6.07) is 9.77. The number of aromatic nitrogens is 4. The van der Waals surface area contributed by atoms with Crippen LogP contribution in [0.1, 0.15) is 6.42 Å². The molecular formula is C12H10N6O. The van der Waals surface area contributed by atoms with Crippen LogP contribution in [-0.2, 0) is 6.54 Å². The molecule has 0 saturated heterocycles. The van der Waals surface area contributed by atoms with Gasteiger partial charge in [-0.25, -0.2) is 9.61 Å². The second-order valence-corrected chi connectivity index (χ2v) is 3.98. The third kappa shape index (κ3) is 1.79. The standard InChI is InChI=1S/C12H10N6O/c13-6-3-7-18-9-5-2-1-4-8(9)15-12(18)10-11(14)17-19-16-10/h1-2,4-5H,3,7H2,(H2,14,17). The maximum Gasteiger partial charge on any atom is 0.199 e. The first kappa shape index (κ1) is 11.2. The van der Waals surface area contributed by atoms with Crippen molar-refractivity contribution in [3.8, 4) is 17.6 Å². The minimum atomic E-state index is 0.188. The maximum atomic E-state index is 8.76. The van der Waals surface area contributed by atoms with Crippen LogP contribution in [0.5, 0.6) is 0 Å². The molecule has 2 aromatic heterocycles. The van der Waals surface area contributed by atoms with Gasteiger partial charge < -0.3 is 10.3 Å². The highest BCUT2D eigenvalue weighted by molar-refractivity contribution is 5.81. The molecule has 94 valence electrons. The van der Waals surface area contributed by atoms with E-state index < -0.39 is 0 Å². The Balaban J connectivity index is 2.23. The molecule has 0 unspecified atom stereocenters. The SMILES string of the molecule is N#CCCn1c(-c2nonc2N)nc2ccccc21. The van der Waals surface area contributed by atoms with Crippen LogP contribution in [-0.4, -0.2) is 19.9 Å². The highest BCUT2D eigenvalue weighted by Gasteiger charge is 2.18. The molecule has 0 aliphatic carbocycles. The second kappa shape index (κ2) is 4.42. The van der Waals surface area contributed by atoms with Crippen LogP contribution >= 0.6 is 0 Å². The highest BCUT2D eigenvalue weighted by Crippen LogP contribution is 2.26. The molecule has 0 bridgehead atoms. The fraction of sp³-hybridized carbons (Fsp3) is 0.167. The Morgan fingerprint density at radius 1 is 1.32 bits per heavy atom. The lowest BCUT2D eigenvalue weighted by Gasteiger charge is -2.04. The third-order valence-electron chi connectivity index (χ3n) is 2.83. The monoisotopic (exact) mass is 254 g/mol. The van der Waals surface area contributed by atoms with Crippen molar-refractivity contribution in [2.24, 2.45) is 0 Å². The Hall–Kier alpha value is -2.88. The van der Waals surface area contributed by atoms with Crippen molar-refractivity contribution in [1.82, 2.24) is 19.9 Å². The van der Waals surface area contributed by atoms with Crippen molar-refractivity contribution >= 4 is 16.9 Å². The van der Waals surface area contributed by atoms with E-state index in [-0.39, 0.29) is 5.82 Å². The quantitative estimate of drug-likeness (QED) is 0.760. The lowest BCUT2D eigenvalue weighted by atomic mass is 10.3. The predicted molar refractivity (Wildman–Crippen MR) is 67.7 cm³/mol. The van der Waals surface area contributed by atoms with Gasteiger partial charge in [-0.05, 0) is 22.4 Å². The summed E-state index contributed by atoms with van der Waals surface area (Å²) in [5.74, 6) is 0.753. The van der Waals surface area contributed by atoms with Crippen molar-refractivity contribution in [3.63, 3.8) is 0 Å². The number of hydrogen-bond acceptors (Lipinski definition) is 6. The fourth-order valence-corrected chi connectivity index (χ4v) is 2.00. The van der Waals surface area contributed by atoms with Crippen LogP contribution < -0.4 is 5.73 Å². The van der Waals surface area contributed by atoms with E-state index in [9.17, 15) is 0 Å². The van der Waals surface area contributed by atoms with Gasteiger partial charge in [-0.1, -0.05) is 12.1 Å². The Morgan fingerprint density at radius 2 is 2.16 bits per heavy atom. The third-order valence-corrected chi connectivity index (χ3v) is 2.83. The first-order valence-corrected chi connectivity index (χ1v) is 5.72. The molecule has 0 saturated carbocycles. The number of nitrogen functional groups attached to an aromatic ring is 1. The predicted octanol–water partition coefficient (Wildman–Crippen LogP) is 1.58. The van der Waals surface area contributed by atoms with Crippen molar-refractivity contribution in [3.05, 3.63) is 24.3 Å². The summed E-state index contributed by atoms with van der Waals surface area (Å²) in [6.45, 7) is 0.513. The summed E-state index contributed by atoms with van der Waals surface area (Å²) in [5.41, 5.74) is 7.85. The van der Waals surface area contributed by atoms with Gasteiger partial charge in [0.15, 0.2) is 17.3 Å². The normalized spacial score (nSPS) is 10.7. The van der Waals surface area contributed by atoms with E-state index in [2.05, 4.69) is 26.0 Å². The maximum absolute atomic E-state index is 8.76. The van der Waals surface area contributed by atoms with E-state index in [1.165, 1.54) is 0 Å². The van der Waals surface area contributed by atoms with Crippen molar-refractivity contribution < 1.29 is 4.63 Å². The minimum Gasteiger partial charge on any atom is -0.379 e. The summed E-state index contributed by atoms with van der Waals surface area (Å²) >= 11 is 0. The van der Waals surface area contributed by atoms with Gasteiger partial charge >= 0.3 is 0 Å². The molecule has 19 heavy (non-hydrogen) atoms. The molecule has 0 fully saturated rings. The second-order valence-electron chi connectivity index (χ2n) is 3.98. The molecule has 3 aromatic rings. The number of nitrogens with zero attached hydrogens (tertiary/aromatic N) is 5. The smallest absolute Gasteiger partial charge is 0.199 e. The van der Waals surface area contributed by atoms with Gasteiger partial charge in [-0.3, -0.25) is 0 Å². The molecule has 0 atom stereocenters. The van der Waals surface area contributed by atoms with Gasteiger partial charge in [0, 0.05) is 6.54 Å². The van der Waals surface area contributed by atoms with E-state index in [1.54, 1.807) is 0 Å². The van der Waals surface area contributed by atoms with E-state index in [1.807, 2.05) is 28.8 Å². The molecule has 0 amide bonds. The molecule has 7 nitrogen and oxygen atoms in total. The van der Waals surface area contributed by atoms with Crippen molar-refractivity contribution in [2.45, 2.75) is 13.0 Å². The Kier molecular flexibility index (Phi) is 2.61. The van der Waals surface area contributed by atoms with Crippen molar-refractivity contribution in [1.29, 1.82) is 5.26 Å². The molecule has 3 rings (SSSR count). The lowest BCUT2D eigenvalue weighted by molar-refractivity contribution is 0.310. The molecule has 7 heteroatoms. The lowest BCUT2D eigenvalue weighted by Crippen LogP contribution is -2.02. The fourth-order valence-electron chi connectivity index (χ4n) is 2.00. The van der Waals surface area contributed by atoms with Gasteiger partial charge in [0.2, 0.25) is 0 Å². The average Bonchev–Trinajstić information content (AvgIpc) is 2.99. The Labute approximate surface area is 108 Å². The Morgan fingerprint density at radius 3 is 2.89 bits per heavy atom. The van der Waals surface area contributed by atoms with Crippen LogP contribution in [0.25, 0.3) is 22.6 Å². The summed E-state index contributed by atoms with van der Waals surface area (Å²) in [7, 11) is 0. The van der Waals surface area contributed by atoms with Crippen LogP contribution in [0.4, 0.5) is 5.82 Å². The highest BCUT2D eigenvalue weighted by atomic mass is 16.6. The molecule has 0 spiro atoms. The van der Waals surface area contributed by atoms with Gasteiger partial charge in [-0.2, -0.15) is 5.26 Å². The van der Waals surface area contributed by atoms with E-state index in [4.69, 9.17) is 11.0 Å². The number of nitrogens with two attached hydrogens (primary N) is 1. The van der Waals surface area contributed by atoms with E-state index >= 15 is 0 Å². The first-order valence-electron chi connectivity index (χ1n) is 5.72. The van der Waals surface area contributed by atoms with Gasteiger partial charge in [0.1, 0.15) is 0 Å². The largest absolute Gasteiger partial charge is 0.379 e. The van der Waals surface area contributed by atoms with Crippen LogP contribution in [0.3, 0.4) is 0 Å². The number of aryl methyl sites for hydroxylation is 1. The molecule has 0 radical (unpaired) electrons. The number of benzene rings is 1. The zero-order chi connectivity index (χ0) is 13.2. The van der Waals surface area contributed by atoms with Crippen molar-refractivity contribution in [2.75, 3.05) is 5.73 Å². The molecule has 0 aliphatic rings. The van der Waals surface area contributed by atoms with E-state index in [0.717, 1.165) is 11.0 Å². The number of rotatable bonds is 3. The number of fused-ring (bicyclic) bond motifs is 1. The molecule has 1 aromatic carbocycles. The number of imidazole rings is 1. The number of hydrogen-bond donors (Lipinski definition) is 1. The number of anilines is 1. The molecule has 2 heterocycles. The topological polar surface area (TPSA) is 107 Å². The van der Waals surface area contributed by atoms with Crippen LogP contribution in [0.15, 0.2) is 28.9 Å². The summed E-state index contributed by atoms with van der Waals surface area (Å²) < 4.78 is 6.51. The zero-order valence-electron chi connectivity index (χ0n) is 9.95. The molecule has 0 aliphatic heterocycles. The summed E-state index contributed by atoms with van der Waals surface area (Å²) in [6.07, 6.45) is 0.374. The number of para-hydroxylation sites is 2. The van der Waals surface area contributed by atoms with Crippen LogP contribution in [0, 0.1) is 11.3 Å². The summed E-state index contributed by atoms with van der Waals surface area (Å²) in [5, 5.41) is 16.1. The van der Waals surface area contributed by atoms with Gasteiger partial charge in [0.05, 0.1) is 23.5 Å². The molecule has 2 N–H and O–H groups in total. The molecular weight excluding hydrogens is 244 g/mol. The van der Waals surface area contributed by atoms with Gasteiger partial charge in [0.25, 0.3) is 0 Å². The first-order chi connectivity index (χ1) is 9.31. The van der Waals surface area contributed by atoms with Crippen LogP contribution in [0.2, 0.25) is 0 Å². The van der Waals surface area contributed by atoms with E-state index in [0.29, 0.717) is 24.5 Å². The summed E-state index contributed by atoms with van der Waals surface area (Å²) in [4.78, 5) is 4.48. The minimum absolute atomic E-state index is 0.188. The zero-order valence-corrected chi connectivity index (χ0v) is 9.95. The van der Waals surface area contributed by atoms with Gasteiger partial charge in [-0.15, -0.1) is 0 Å².